The van der Waals surface area contributed by atoms with Gasteiger partial charge in [0.05, 0.1) is 17.3 Å². The van der Waals surface area contributed by atoms with Crippen molar-refractivity contribution in [3.63, 3.8) is 0 Å². The number of ether oxygens (including phenoxy) is 1. The van der Waals surface area contributed by atoms with Gasteiger partial charge in [0.2, 0.25) is 5.91 Å². The second-order valence-electron chi connectivity index (χ2n) is 8.48. The number of hydrogen-bond acceptors (Lipinski definition) is 6. The molecule has 0 unspecified atom stereocenters. The van der Waals surface area contributed by atoms with Crippen LogP contribution < -0.4 is 10.1 Å². The number of likely N-dealkylation sites (tertiary alicyclic amines) is 1. The lowest BCUT2D eigenvalue weighted by Gasteiger charge is -2.30. The highest BCUT2D eigenvalue weighted by molar-refractivity contribution is 7.22. The first-order valence-corrected chi connectivity index (χ1v) is 11.9. The molecule has 3 aromatic rings. The van der Waals surface area contributed by atoms with Crippen LogP contribution in [0.1, 0.15) is 48.5 Å². The summed E-state index contributed by atoms with van der Waals surface area (Å²) in [5.41, 5.74) is 2.74. The Morgan fingerprint density at radius 2 is 1.88 bits per heavy atom. The summed E-state index contributed by atoms with van der Waals surface area (Å²) in [4.78, 5) is 31.7. The van der Waals surface area contributed by atoms with Gasteiger partial charge in [0, 0.05) is 24.9 Å². The van der Waals surface area contributed by atoms with Crippen LogP contribution in [0, 0.1) is 5.92 Å². The molecule has 0 aliphatic carbocycles. The lowest BCUT2D eigenvalue weighted by molar-refractivity contribution is -0.116. The van der Waals surface area contributed by atoms with E-state index in [1.54, 1.807) is 31.4 Å². The van der Waals surface area contributed by atoms with Crippen LogP contribution in [-0.4, -0.2) is 41.8 Å². The van der Waals surface area contributed by atoms with Gasteiger partial charge in [-0.3, -0.25) is 14.5 Å². The molecule has 168 valence electrons. The number of methoxy groups -OCH3 is 1. The largest absolute Gasteiger partial charge is 0.497 e. The molecular formula is C25H29N3O3S. The van der Waals surface area contributed by atoms with Crippen LogP contribution in [0.5, 0.6) is 5.75 Å². The number of hydrogen-bond donors (Lipinski definition) is 1. The van der Waals surface area contributed by atoms with Crippen LogP contribution in [0.3, 0.4) is 0 Å². The van der Waals surface area contributed by atoms with Gasteiger partial charge in [-0.05, 0) is 73.8 Å². The number of benzene rings is 2. The first-order valence-electron chi connectivity index (χ1n) is 11.1. The Kier molecular flexibility index (Phi) is 7.17. The SMILES string of the molecule is COc1ccc(C(=O)CCC(=O)Nc2nc3ccc(CN4CCC(C)CC4)cc3s2)cc1. The van der Waals surface area contributed by atoms with E-state index in [-0.39, 0.29) is 24.5 Å². The fraction of sp³-hybridized carbons (Fsp3) is 0.400. The van der Waals surface area contributed by atoms with E-state index >= 15 is 0 Å². The fourth-order valence-electron chi connectivity index (χ4n) is 3.93. The van der Waals surface area contributed by atoms with Crippen molar-refractivity contribution < 1.29 is 14.3 Å². The Morgan fingerprint density at radius 1 is 1.12 bits per heavy atom. The Morgan fingerprint density at radius 3 is 2.59 bits per heavy atom. The zero-order chi connectivity index (χ0) is 22.5. The van der Waals surface area contributed by atoms with Crippen LogP contribution in [0.2, 0.25) is 0 Å². The predicted octanol–water partition coefficient (Wildman–Crippen LogP) is 5.14. The molecule has 1 aliphatic heterocycles. The van der Waals surface area contributed by atoms with Crippen molar-refractivity contribution in [1.82, 2.24) is 9.88 Å². The number of thiazole rings is 1. The molecule has 0 radical (unpaired) electrons. The predicted molar refractivity (Wildman–Crippen MR) is 128 cm³/mol. The third-order valence-electron chi connectivity index (χ3n) is 5.97. The van der Waals surface area contributed by atoms with Crippen molar-refractivity contribution in [2.24, 2.45) is 5.92 Å². The highest BCUT2D eigenvalue weighted by Crippen LogP contribution is 2.28. The molecule has 0 bridgehead atoms. The van der Waals surface area contributed by atoms with Crippen molar-refractivity contribution in [1.29, 1.82) is 0 Å². The number of fused-ring (bicyclic) bond motifs is 1. The van der Waals surface area contributed by atoms with E-state index in [9.17, 15) is 9.59 Å². The third kappa shape index (κ3) is 5.72. The summed E-state index contributed by atoms with van der Waals surface area (Å²) in [6, 6.07) is 13.2. The molecule has 1 amide bonds. The maximum atomic E-state index is 12.4. The monoisotopic (exact) mass is 451 g/mol. The van der Waals surface area contributed by atoms with Gasteiger partial charge in [-0.15, -0.1) is 0 Å². The molecule has 7 heteroatoms. The van der Waals surface area contributed by atoms with Gasteiger partial charge in [-0.2, -0.15) is 0 Å². The average Bonchev–Trinajstić information content (AvgIpc) is 3.20. The Balaban J connectivity index is 1.31. The topological polar surface area (TPSA) is 71.5 Å². The third-order valence-corrected chi connectivity index (χ3v) is 6.91. The molecule has 1 N–H and O–H groups in total. The highest BCUT2D eigenvalue weighted by Gasteiger charge is 2.16. The summed E-state index contributed by atoms with van der Waals surface area (Å²) >= 11 is 1.48. The summed E-state index contributed by atoms with van der Waals surface area (Å²) < 4.78 is 6.17. The van der Waals surface area contributed by atoms with E-state index in [1.165, 1.54) is 29.7 Å². The molecule has 0 saturated carbocycles. The number of Topliss-reactive ketones (excluding diaryl/α,β-unsaturated/α-hetero) is 1. The number of carbonyl (C=O) groups is 2. The minimum absolute atomic E-state index is 0.0659. The number of nitrogens with one attached hydrogen (secondary N) is 1. The average molecular weight is 452 g/mol. The van der Waals surface area contributed by atoms with E-state index in [0.717, 1.165) is 35.8 Å². The normalized spacial score (nSPS) is 15.1. The van der Waals surface area contributed by atoms with Crippen molar-refractivity contribution in [2.45, 2.75) is 39.2 Å². The van der Waals surface area contributed by atoms with Crippen molar-refractivity contribution in [3.05, 3.63) is 53.6 Å². The molecule has 0 spiro atoms. The maximum absolute atomic E-state index is 12.4. The number of amides is 1. The molecule has 2 aromatic carbocycles. The number of piperidine rings is 1. The van der Waals surface area contributed by atoms with Gasteiger partial charge < -0.3 is 10.1 Å². The molecule has 6 nitrogen and oxygen atoms in total. The van der Waals surface area contributed by atoms with Gasteiger partial charge in [-0.25, -0.2) is 4.98 Å². The van der Waals surface area contributed by atoms with Crippen LogP contribution in [0.15, 0.2) is 42.5 Å². The number of rotatable bonds is 8. The zero-order valence-electron chi connectivity index (χ0n) is 18.6. The first-order chi connectivity index (χ1) is 15.5. The lowest BCUT2D eigenvalue weighted by atomic mass is 9.99. The molecule has 1 aromatic heterocycles. The van der Waals surface area contributed by atoms with Crippen LogP contribution >= 0.6 is 11.3 Å². The molecule has 4 rings (SSSR count). The quantitative estimate of drug-likeness (QED) is 0.480. The van der Waals surface area contributed by atoms with E-state index in [2.05, 4.69) is 34.3 Å². The van der Waals surface area contributed by atoms with Crippen LogP contribution in [-0.2, 0) is 11.3 Å². The summed E-state index contributed by atoms with van der Waals surface area (Å²) in [6.07, 6.45) is 2.81. The summed E-state index contributed by atoms with van der Waals surface area (Å²) in [5, 5.41) is 3.42. The fourth-order valence-corrected chi connectivity index (χ4v) is 4.88. The molecule has 32 heavy (non-hydrogen) atoms. The van der Waals surface area contributed by atoms with E-state index < -0.39 is 0 Å². The minimum Gasteiger partial charge on any atom is -0.497 e. The Labute approximate surface area is 192 Å². The second kappa shape index (κ2) is 10.2. The second-order valence-corrected chi connectivity index (χ2v) is 9.51. The van der Waals surface area contributed by atoms with E-state index in [0.29, 0.717) is 16.4 Å². The highest BCUT2D eigenvalue weighted by atomic mass is 32.1. The van der Waals surface area contributed by atoms with Gasteiger partial charge >= 0.3 is 0 Å². The van der Waals surface area contributed by atoms with Crippen molar-refractivity contribution in [2.75, 3.05) is 25.5 Å². The molecule has 1 aliphatic rings. The Hall–Kier alpha value is -2.77. The first kappa shape index (κ1) is 22.4. The lowest BCUT2D eigenvalue weighted by Crippen LogP contribution is -2.32. The standard InChI is InChI=1S/C25H29N3O3S/c1-17-11-13-28(14-12-17)16-18-3-8-21-23(15-18)32-25(26-21)27-24(30)10-9-22(29)19-4-6-20(31-2)7-5-19/h3-8,15,17H,9-14,16H2,1-2H3,(H,26,27,30). The van der Waals surface area contributed by atoms with Gasteiger partial charge in [0.15, 0.2) is 10.9 Å². The van der Waals surface area contributed by atoms with Crippen molar-refractivity contribution >= 4 is 38.4 Å². The van der Waals surface area contributed by atoms with E-state index in [4.69, 9.17) is 4.74 Å². The maximum Gasteiger partial charge on any atom is 0.226 e. The van der Waals surface area contributed by atoms with Gasteiger partial charge in [-0.1, -0.05) is 24.3 Å². The van der Waals surface area contributed by atoms with Crippen LogP contribution in [0.4, 0.5) is 5.13 Å². The van der Waals surface area contributed by atoms with E-state index in [1.807, 2.05) is 6.07 Å². The minimum atomic E-state index is -0.200. The number of nitrogens with zero attached hydrogens (tertiary/aromatic N) is 2. The summed E-state index contributed by atoms with van der Waals surface area (Å²) in [6.45, 7) is 5.58. The number of ketones is 1. The summed E-state index contributed by atoms with van der Waals surface area (Å²) in [5.74, 6) is 1.26. The number of aromatic nitrogens is 1. The molecule has 2 heterocycles. The van der Waals surface area contributed by atoms with Gasteiger partial charge in [0.1, 0.15) is 5.75 Å². The van der Waals surface area contributed by atoms with Crippen molar-refractivity contribution in [3.8, 4) is 5.75 Å². The molecular weight excluding hydrogens is 422 g/mol. The molecule has 1 saturated heterocycles. The molecule has 1 fully saturated rings. The smallest absolute Gasteiger partial charge is 0.226 e. The van der Waals surface area contributed by atoms with Gasteiger partial charge in [0.25, 0.3) is 0 Å². The van der Waals surface area contributed by atoms with Crippen LogP contribution in [0.25, 0.3) is 10.2 Å². The summed E-state index contributed by atoms with van der Waals surface area (Å²) in [7, 11) is 1.58. The zero-order valence-corrected chi connectivity index (χ0v) is 19.4. The number of anilines is 1. The number of carbonyl (C=O) groups excluding carboxylic acids is 2. The Bertz CT molecular complexity index is 1090. The molecule has 0 atom stereocenters.